The Kier molecular flexibility index (Phi) is 8.45. The highest BCUT2D eigenvalue weighted by Crippen LogP contribution is 2.14. The molecule has 1 aliphatic heterocycles. The molecule has 0 aliphatic carbocycles. The lowest BCUT2D eigenvalue weighted by Crippen LogP contribution is -2.35. The number of carbonyl (C=O) groups excluding carboxylic acids is 2. The monoisotopic (exact) mass is 408 g/mol. The highest BCUT2D eigenvalue weighted by molar-refractivity contribution is 5.98. The number of aryl methyl sites for hydroxylation is 1. The second-order valence-corrected chi connectivity index (χ2v) is 7.82. The standard InChI is InChI=1S/C25H32N2O3/c1-30-23-12-10-22(11-13-23)24(28)14-15-25(29)27-18-6-17-26(19-20-27)16-5-9-21-7-3-2-4-8-21/h2-4,7-8,10-13H,5-6,9,14-20H2,1H3. The summed E-state index contributed by atoms with van der Waals surface area (Å²) in [7, 11) is 1.60. The fourth-order valence-electron chi connectivity index (χ4n) is 3.90. The van der Waals surface area contributed by atoms with Gasteiger partial charge in [-0.15, -0.1) is 0 Å². The minimum Gasteiger partial charge on any atom is -0.497 e. The summed E-state index contributed by atoms with van der Waals surface area (Å²) in [5.74, 6) is 0.812. The van der Waals surface area contributed by atoms with Gasteiger partial charge in [0.05, 0.1) is 7.11 Å². The molecule has 0 radical (unpaired) electrons. The van der Waals surface area contributed by atoms with Crippen LogP contribution in [0.2, 0.25) is 0 Å². The largest absolute Gasteiger partial charge is 0.497 e. The zero-order valence-electron chi connectivity index (χ0n) is 17.9. The zero-order chi connectivity index (χ0) is 21.2. The smallest absolute Gasteiger partial charge is 0.223 e. The molecule has 0 atom stereocenters. The van der Waals surface area contributed by atoms with Crippen LogP contribution in [0.5, 0.6) is 5.75 Å². The Morgan fingerprint density at radius 1 is 0.900 bits per heavy atom. The van der Waals surface area contributed by atoms with E-state index in [0.717, 1.165) is 57.7 Å². The molecule has 0 bridgehead atoms. The number of benzene rings is 2. The van der Waals surface area contributed by atoms with Gasteiger partial charge in [-0.3, -0.25) is 9.59 Å². The summed E-state index contributed by atoms with van der Waals surface area (Å²) >= 11 is 0. The molecule has 160 valence electrons. The Morgan fingerprint density at radius 3 is 2.40 bits per heavy atom. The van der Waals surface area contributed by atoms with Crippen LogP contribution in [0, 0.1) is 0 Å². The van der Waals surface area contributed by atoms with E-state index >= 15 is 0 Å². The molecule has 1 heterocycles. The quantitative estimate of drug-likeness (QED) is 0.592. The number of nitrogens with zero attached hydrogens (tertiary/aromatic N) is 2. The van der Waals surface area contributed by atoms with Crippen molar-refractivity contribution in [3.8, 4) is 5.75 Å². The lowest BCUT2D eigenvalue weighted by atomic mass is 10.1. The van der Waals surface area contributed by atoms with Gasteiger partial charge in [0.1, 0.15) is 5.75 Å². The number of Topliss-reactive ketones (excluding diaryl/α,β-unsaturated/α-hetero) is 1. The Morgan fingerprint density at radius 2 is 1.67 bits per heavy atom. The van der Waals surface area contributed by atoms with Crippen molar-refractivity contribution in [3.05, 3.63) is 65.7 Å². The van der Waals surface area contributed by atoms with Gasteiger partial charge < -0.3 is 14.5 Å². The second-order valence-electron chi connectivity index (χ2n) is 7.82. The number of hydrogen-bond acceptors (Lipinski definition) is 4. The average molecular weight is 409 g/mol. The minimum atomic E-state index is 0.00311. The predicted molar refractivity (Wildman–Crippen MR) is 119 cm³/mol. The lowest BCUT2D eigenvalue weighted by Gasteiger charge is -2.22. The molecule has 1 fully saturated rings. The Hall–Kier alpha value is -2.66. The van der Waals surface area contributed by atoms with Gasteiger partial charge in [-0.1, -0.05) is 30.3 Å². The van der Waals surface area contributed by atoms with Crippen molar-refractivity contribution in [2.75, 3.05) is 39.8 Å². The van der Waals surface area contributed by atoms with Crippen molar-refractivity contribution in [1.29, 1.82) is 0 Å². The number of rotatable bonds is 9. The van der Waals surface area contributed by atoms with Crippen LogP contribution in [0.4, 0.5) is 0 Å². The SMILES string of the molecule is COc1ccc(C(=O)CCC(=O)N2CCCN(CCCc3ccccc3)CC2)cc1. The molecule has 0 aromatic heterocycles. The number of carbonyl (C=O) groups is 2. The summed E-state index contributed by atoms with van der Waals surface area (Å²) in [6.07, 6.45) is 3.74. The Balaban J connectivity index is 1.38. The molecule has 0 spiro atoms. The third-order valence-electron chi connectivity index (χ3n) is 5.70. The van der Waals surface area contributed by atoms with Crippen LogP contribution < -0.4 is 4.74 Å². The van der Waals surface area contributed by atoms with Crippen molar-refractivity contribution in [2.45, 2.75) is 32.1 Å². The van der Waals surface area contributed by atoms with Crippen LogP contribution in [0.15, 0.2) is 54.6 Å². The van der Waals surface area contributed by atoms with Gasteiger partial charge in [0.15, 0.2) is 5.78 Å². The first kappa shape index (κ1) is 22.0. The fourth-order valence-corrected chi connectivity index (χ4v) is 3.90. The van der Waals surface area contributed by atoms with Gasteiger partial charge in [0.2, 0.25) is 5.91 Å². The number of amides is 1. The maximum Gasteiger partial charge on any atom is 0.223 e. The summed E-state index contributed by atoms with van der Waals surface area (Å²) in [6.45, 7) is 4.54. The van der Waals surface area contributed by atoms with Gasteiger partial charge >= 0.3 is 0 Å². The highest BCUT2D eigenvalue weighted by atomic mass is 16.5. The zero-order valence-corrected chi connectivity index (χ0v) is 17.9. The van der Waals surface area contributed by atoms with Crippen LogP contribution in [-0.4, -0.2) is 61.3 Å². The van der Waals surface area contributed by atoms with Crippen molar-refractivity contribution in [3.63, 3.8) is 0 Å². The van der Waals surface area contributed by atoms with Crippen LogP contribution in [-0.2, 0) is 11.2 Å². The molecule has 2 aromatic rings. The number of ketones is 1. The molecular formula is C25H32N2O3. The maximum absolute atomic E-state index is 12.6. The molecule has 3 rings (SSSR count). The predicted octanol–water partition coefficient (Wildman–Crippen LogP) is 3.83. The first-order valence-electron chi connectivity index (χ1n) is 10.9. The Labute approximate surface area is 179 Å². The molecule has 1 saturated heterocycles. The van der Waals surface area contributed by atoms with Crippen molar-refractivity contribution < 1.29 is 14.3 Å². The molecular weight excluding hydrogens is 376 g/mol. The first-order valence-corrected chi connectivity index (χ1v) is 10.9. The van der Waals surface area contributed by atoms with E-state index in [1.165, 1.54) is 5.56 Å². The van der Waals surface area contributed by atoms with Crippen LogP contribution in [0.3, 0.4) is 0 Å². The number of hydrogen-bond donors (Lipinski definition) is 0. The van der Waals surface area contributed by atoms with E-state index in [-0.39, 0.29) is 24.5 Å². The van der Waals surface area contributed by atoms with E-state index in [2.05, 4.69) is 35.2 Å². The van der Waals surface area contributed by atoms with Gasteiger partial charge in [-0.05, 0) is 62.2 Å². The van der Waals surface area contributed by atoms with E-state index < -0.39 is 0 Å². The second kappa shape index (κ2) is 11.5. The molecule has 0 unspecified atom stereocenters. The number of ether oxygens (including phenoxy) is 1. The van der Waals surface area contributed by atoms with Crippen molar-refractivity contribution in [2.24, 2.45) is 0 Å². The number of methoxy groups -OCH3 is 1. The lowest BCUT2D eigenvalue weighted by molar-refractivity contribution is -0.131. The fraction of sp³-hybridized carbons (Fsp3) is 0.440. The maximum atomic E-state index is 12.6. The highest BCUT2D eigenvalue weighted by Gasteiger charge is 2.20. The molecule has 0 N–H and O–H groups in total. The summed E-state index contributed by atoms with van der Waals surface area (Å²) in [4.78, 5) is 29.4. The van der Waals surface area contributed by atoms with E-state index in [1.807, 2.05) is 4.90 Å². The van der Waals surface area contributed by atoms with Crippen molar-refractivity contribution in [1.82, 2.24) is 9.80 Å². The minimum absolute atomic E-state index is 0.00311. The molecule has 2 aromatic carbocycles. The van der Waals surface area contributed by atoms with E-state index in [0.29, 0.717) is 5.56 Å². The van der Waals surface area contributed by atoms with E-state index in [9.17, 15) is 9.59 Å². The van der Waals surface area contributed by atoms with Crippen molar-refractivity contribution >= 4 is 11.7 Å². The molecule has 1 aliphatic rings. The molecule has 5 nitrogen and oxygen atoms in total. The summed E-state index contributed by atoms with van der Waals surface area (Å²) in [6, 6.07) is 17.6. The van der Waals surface area contributed by atoms with Gasteiger partial charge in [0, 0.05) is 38.0 Å². The third-order valence-corrected chi connectivity index (χ3v) is 5.70. The van der Waals surface area contributed by atoms with Crippen LogP contribution in [0.25, 0.3) is 0 Å². The van der Waals surface area contributed by atoms with Gasteiger partial charge in [-0.25, -0.2) is 0 Å². The Bertz CT molecular complexity index is 805. The topological polar surface area (TPSA) is 49.9 Å². The van der Waals surface area contributed by atoms with Crippen LogP contribution in [0.1, 0.15) is 41.6 Å². The summed E-state index contributed by atoms with van der Waals surface area (Å²) in [5.41, 5.74) is 2.01. The van der Waals surface area contributed by atoms with Gasteiger partial charge in [0.25, 0.3) is 0 Å². The average Bonchev–Trinajstić information content (AvgIpc) is 3.04. The summed E-state index contributed by atoms with van der Waals surface area (Å²) < 4.78 is 5.12. The molecule has 5 heteroatoms. The molecule has 0 saturated carbocycles. The molecule has 30 heavy (non-hydrogen) atoms. The third kappa shape index (κ3) is 6.70. The van der Waals surface area contributed by atoms with Gasteiger partial charge in [-0.2, -0.15) is 0 Å². The normalized spacial score (nSPS) is 14.9. The van der Waals surface area contributed by atoms with Crippen LogP contribution >= 0.6 is 0 Å². The van der Waals surface area contributed by atoms with E-state index in [4.69, 9.17) is 4.74 Å². The summed E-state index contributed by atoms with van der Waals surface area (Å²) in [5, 5.41) is 0. The molecule has 1 amide bonds. The first-order chi connectivity index (χ1) is 14.7. The van der Waals surface area contributed by atoms with E-state index in [1.54, 1.807) is 31.4 Å².